The van der Waals surface area contributed by atoms with Crippen molar-refractivity contribution >= 4 is 5.97 Å². The number of carbonyl (C=O) groups excluding carboxylic acids is 1. The minimum atomic E-state index is -0.0370. The monoisotopic (exact) mass is 350 g/mol. The summed E-state index contributed by atoms with van der Waals surface area (Å²) in [5.74, 6) is 0.00898. The third kappa shape index (κ3) is 17.6. The van der Waals surface area contributed by atoms with Crippen LogP contribution in [0.2, 0.25) is 0 Å². The van der Waals surface area contributed by atoms with E-state index < -0.39 is 0 Å². The van der Waals surface area contributed by atoms with Gasteiger partial charge < -0.3 is 4.74 Å². The van der Waals surface area contributed by atoms with Gasteiger partial charge in [-0.15, -0.1) is 0 Å². The lowest BCUT2D eigenvalue weighted by atomic mass is 10.1. The highest BCUT2D eigenvalue weighted by atomic mass is 16.5. The van der Waals surface area contributed by atoms with Crippen LogP contribution in [0.15, 0.2) is 24.3 Å². The molecule has 0 radical (unpaired) electrons. The summed E-state index contributed by atoms with van der Waals surface area (Å²) >= 11 is 0. The predicted molar refractivity (Wildman–Crippen MR) is 110 cm³/mol. The topological polar surface area (TPSA) is 26.3 Å². The van der Waals surface area contributed by atoms with Crippen molar-refractivity contribution in [2.75, 3.05) is 6.61 Å². The first-order valence-electron chi connectivity index (χ1n) is 10.7. The average Bonchev–Trinajstić information content (AvgIpc) is 2.63. The molecular formula is C23H42O2. The van der Waals surface area contributed by atoms with Gasteiger partial charge in [0.15, 0.2) is 0 Å². The van der Waals surface area contributed by atoms with Crippen LogP contribution < -0.4 is 0 Å². The molecule has 0 saturated carbocycles. The normalized spacial score (nSPS) is 12.9. The van der Waals surface area contributed by atoms with Crippen LogP contribution in [-0.4, -0.2) is 12.6 Å². The Labute approximate surface area is 157 Å². The van der Waals surface area contributed by atoms with Crippen LogP contribution in [0.3, 0.4) is 0 Å². The molecule has 1 unspecified atom stereocenters. The lowest BCUT2D eigenvalue weighted by Gasteiger charge is -2.08. The predicted octanol–water partition coefficient (Wildman–Crippen LogP) is 7.39. The van der Waals surface area contributed by atoms with Gasteiger partial charge in [0.1, 0.15) is 0 Å². The molecular weight excluding hydrogens is 308 g/mol. The molecule has 0 bridgehead atoms. The van der Waals surface area contributed by atoms with E-state index in [0.717, 1.165) is 19.3 Å². The van der Waals surface area contributed by atoms with Gasteiger partial charge in [-0.2, -0.15) is 0 Å². The molecule has 0 saturated heterocycles. The van der Waals surface area contributed by atoms with Gasteiger partial charge in [0.2, 0.25) is 0 Å². The van der Waals surface area contributed by atoms with Crippen molar-refractivity contribution in [1.29, 1.82) is 0 Å². The highest BCUT2D eigenvalue weighted by Crippen LogP contribution is 2.09. The van der Waals surface area contributed by atoms with Crippen LogP contribution >= 0.6 is 0 Å². The molecule has 0 fully saturated rings. The van der Waals surface area contributed by atoms with Gasteiger partial charge in [-0.3, -0.25) is 4.79 Å². The summed E-state index contributed by atoms with van der Waals surface area (Å²) in [7, 11) is 0. The Bertz CT molecular complexity index is 344. The van der Waals surface area contributed by atoms with Crippen molar-refractivity contribution < 1.29 is 9.53 Å². The van der Waals surface area contributed by atoms with Gasteiger partial charge in [0, 0.05) is 0 Å². The number of hydrogen-bond donors (Lipinski definition) is 0. The number of rotatable bonds is 17. The van der Waals surface area contributed by atoms with E-state index in [1.54, 1.807) is 0 Å². The van der Waals surface area contributed by atoms with Crippen molar-refractivity contribution in [2.45, 2.75) is 104 Å². The van der Waals surface area contributed by atoms with E-state index >= 15 is 0 Å². The third-order valence-electron chi connectivity index (χ3n) is 4.60. The van der Waals surface area contributed by atoms with E-state index in [9.17, 15) is 4.79 Å². The van der Waals surface area contributed by atoms with E-state index in [-0.39, 0.29) is 11.9 Å². The molecule has 0 rings (SSSR count). The van der Waals surface area contributed by atoms with Gasteiger partial charge in [0.05, 0.1) is 12.5 Å². The minimum absolute atomic E-state index is 0.0370. The van der Waals surface area contributed by atoms with Crippen LogP contribution in [0, 0.1) is 5.92 Å². The Hall–Kier alpha value is -1.05. The van der Waals surface area contributed by atoms with Crippen LogP contribution in [0.5, 0.6) is 0 Å². The molecule has 0 aliphatic heterocycles. The second kappa shape index (κ2) is 19.3. The molecule has 0 spiro atoms. The van der Waals surface area contributed by atoms with Gasteiger partial charge >= 0.3 is 5.97 Å². The molecule has 2 nitrogen and oxygen atoms in total. The van der Waals surface area contributed by atoms with Crippen molar-refractivity contribution in [3.63, 3.8) is 0 Å². The molecule has 0 aromatic carbocycles. The average molecular weight is 351 g/mol. The first-order chi connectivity index (χ1) is 12.2. The molecule has 0 N–H and O–H groups in total. The molecule has 0 heterocycles. The molecule has 0 aliphatic rings. The maximum absolute atomic E-state index is 11.5. The molecule has 2 heteroatoms. The van der Waals surface area contributed by atoms with E-state index in [4.69, 9.17) is 4.74 Å². The zero-order chi connectivity index (χ0) is 18.6. The van der Waals surface area contributed by atoms with Gasteiger partial charge in [-0.05, 0) is 44.9 Å². The van der Waals surface area contributed by atoms with Gasteiger partial charge in [0.25, 0.3) is 0 Å². The van der Waals surface area contributed by atoms with Crippen molar-refractivity contribution in [1.82, 2.24) is 0 Å². The molecule has 25 heavy (non-hydrogen) atoms. The van der Waals surface area contributed by atoms with E-state index in [1.165, 1.54) is 64.2 Å². The second-order valence-corrected chi connectivity index (χ2v) is 7.06. The highest BCUT2D eigenvalue weighted by molar-refractivity contribution is 5.71. The summed E-state index contributed by atoms with van der Waals surface area (Å²) in [4.78, 5) is 11.5. The zero-order valence-electron chi connectivity index (χ0n) is 17.1. The largest absolute Gasteiger partial charge is 0.465 e. The Kier molecular flexibility index (Phi) is 18.5. The Morgan fingerprint density at radius 3 is 1.96 bits per heavy atom. The summed E-state index contributed by atoms with van der Waals surface area (Å²) in [6, 6.07) is 0. The quantitative estimate of drug-likeness (QED) is 0.155. The van der Waals surface area contributed by atoms with Crippen molar-refractivity contribution in [3.8, 4) is 0 Å². The minimum Gasteiger partial charge on any atom is -0.465 e. The summed E-state index contributed by atoms with van der Waals surface area (Å²) in [5.41, 5.74) is 0. The fraction of sp³-hybridized carbons (Fsp3) is 0.783. The maximum atomic E-state index is 11.5. The maximum Gasteiger partial charge on any atom is 0.308 e. The van der Waals surface area contributed by atoms with Crippen LogP contribution in [0.25, 0.3) is 0 Å². The molecule has 1 atom stereocenters. The highest BCUT2D eigenvalue weighted by Gasteiger charge is 2.10. The van der Waals surface area contributed by atoms with E-state index in [1.807, 2.05) is 13.8 Å². The lowest BCUT2D eigenvalue weighted by Crippen LogP contribution is -2.14. The lowest BCUT2D eigenvalue weighted by molar-refractivity contribution is -0.148. The smallest absolute Gasteiger partial charge is 0.308 e. The van der Waals surface area contributed by atoms with E-state index in [2.05, 4.69) is 31.2 Å². The summed E-state index contributed by atoms with van der Waals surface area (Å²) < 4.78 is 5.26. The number of hydrogen-bond acceptors (Lipinski definition) is 2. The zero-order valence-corrected chi connectivity index (χ0v) is 17.1. The summed E-state index contributed by atoms with van der Waals surface area (Å²) in [5, 5.41) is 0. The first-order valence-corrected chi connectivity index (χ1v) is 10.7. The Morgan fingerprint density at radius 2 is 1.36 bits per heavy atom. The Balaban J connectivity index is 3.25. The summed E-state index contributed by atoms with van der Waals surface area (Å²) in [6.07, 6.45) is 24.9. The van der Waals surface area contributed by atoms with Crippen molar-refractivity contribution in [2.24, 2.45) is 5.92 Å². The molecule has 0 aromatic rings. The second-order valence-electron chi connectivity index (χ2n) is 7.06. The van der Waals surface area contributed by atoms with Crippen molar-refractivity contribution in [3.05, 3.63) is 24.3 Å². The third-order valence-corrected chi connectivity index (χ3v) is 4.60. The number of allylic oxidation sites excluding steroid dienone is 4. The van der Waals surface area contributed by atoms with Crippen LogP contribution in [-0.2, 0) is 9.53 Å². The number of esters is 1. The fourth-order valence-electron chi connectivity index (χ4n) is 2.57. The molecule has 0 aliphatic carbocycles. The standard InChI is InChI=1S/C23H42O2/c1-4-6-7-8-9-10-11-12-13-14-15-16-17-18-19-20-21-25-23(24)22(3)5-2/h9-10,12-13,22H,4-8,11,14-21H2,1-3H3. The van der Waals surface area contributed by atoms with Gasteiger partial charge in [-0.25, -0.2) is 0 Å². The number of unbranched alkanes of at least 4 members (excludes halogenated alkanes) is 9. The molecule has 146 valence electrons. The van der Waals surface area contributed by atoms with Crippen LogP contribution in [0.4, 0.5) is 0 Å². The number of ether oxygens (including phenoxy) is 1. The number of carbonyl (C=O) groups is 1. The summed E-state index contributed by atoms with van der Waals surface area (Å²) in [6.45, 7) is 6.79. The van der Waals surface area contributed by atoms with E-state index in [0.29, 0.717) is 6.61 Å². The fourth-order valence-corrected chi connectivity index (χ4v) is 2.57. The van der Waals surface area contributed by atoms with Gasteiger partial charge in [-0.1, -0.05) is 83.6 Å². The first kappa shape index (κ1) is 23.9. The molecule has 0 amide bonds. The van der Waals surface area contributed by atoms with Crippen LogP contribution in [0.1, 0.15) is 104 Å². The Morgan fingerprint density at radius 1 is 0.800 bits per heavy atom. The molecule has 0 aromatic heterocycles. The SMILES string of the molecule is CCCCCC=CCC=CCCCCCCCCOC(=O)C(C)CC.